The number of carbonyl (C=O) groups is 1. The highest BCUT2D eigenvalue weighted by Gasteiger charge is 2.57. The van der Waals surface area contributed by atoms with Crippen molar-refractivity contribution >= 4 is 11.9 Å². The smallest absolute Gasteiger partial charge is 0.230 e. The number of hydrogen-bond donors (Lipinski definition) is 2. The minimum absolute atomic E-state index is 0.152. The van der Waals surface area contributed by atoms with Gasteiger partial charge in [-0.3, -0.25) is 10.1 Å². The molecule has 1 spiro atoms. The lowest BCUT2D eigenvalue weighted by Gasteiger charge is -2.21. The number of anilines is 1. The minimum atomic E-state index is 0.152. The highest BCUT2D eigenvalue weighted by atomic mass is 16.2. The summed E-state index contributed by atoms with van der Waals surface area (Å²) in [5.74, 6) is 2.26. The van der Waals surface area contributed by atoms with E-state index in [0.717, 1.165) is 38.2 Å². The number of rotatable bonds is 3. The molecule has 3 aliphatic rings. The Morgan fingerprint density at radius 1 is 1.26 bits per heavy atom. The molecule has 1 atom stereocenters. The van der Waals surface area contributed by atoms with E-state index in [1.807, 2.05) is 7.05 Å². The molecule has 1 aromatic heterocycles. The monoisotopic (exact) mass is 317 g/mol. The second-order valence-corrected chi connectivity index (χ2v) is 7.61. The fraction of sp³-hybridized carbons (Fsp3) is 0.824. The molecular formula is C17H27N5O. The van der Waals surface area contributed by atoms with Crippen LogP contribution in [0.15, 0.2) is 0 Å². The van der Waals surface area contributed by atoms with Gasteiger partial charge in [0.25, 0.3) is 0 Å². The van der Waals surface area contributed by atoms with Crippen molar-refractivity contribution in [2.45, 2.75) is 57.3 Å². The van der Waals surface area contributed by atoms with Crippen molar-refractivity contribution in [2.24, 2.45) is 18.4 Å². The molecule has 0 radical (unpaired) electrons. The van der Waals surface area contributed by atoms with Crippen molar-refractivity contribution in [3.05, 3.63) is 5.82 Å². The van der Waals surface area contributed by atoms with Gasteiger partial charge in [0.2, 0.25) is 11.9 Å². The molecule has 1 aliphatic heterocycles. The van der Waals surface area contributed by atoms with E-state index in [9.17, 15) is 4.79 Å². The van der Waals surface area contributed by atoms with Gasteiger partial charge in [0.05, 0.1) is 0 Å². The highest BCUT2D eigenvalue weighted by molar-refractivity contribution is 5.93. The summed E-state index contributed by atoms with van der Waals surface area (Å²) in [4.78, 5) is 17.2. The average molecular weight is 317 g/mol. The van der Waals surface area contributed by atoms with Crippen LogP contribution in [0.1, 0.15) is 63.1 Å². The molecule has 1 aromatic rings. The Kier molecular flexibility index (Phi) is 3.87. The van der Waals surface area contributed by atoms with Crippen molar-refractivity contribution in [3.8, 4) is 0 Å². The Bertz CT molecular complexity index is 584. The first kappa shape index (κ1) is 15.1. The van der Waals surface area contributed by atoms with Crippen LogP contribution in [-0.2, 0) is 11.8 Å². The SMILES string of the molecule is Cn1nc(C2CCNCC2)nc1NC(=O)C1CC12CCCCC2. The van der Waals surface area contributed by atoms with Gasteiger partial charge in [0.15, 0.2) is 5.82 Å². The number of aromatic nitrogens is 3. The Labute approximate surface area is 137 Å². The fourth-order valence-electron chi connectivity index (χ4n) is 4.49. The maximum atomic E-state index is 12.6. The summed E-state index contributed by atoms with van der Waals surface area (Å²) in [6.07, 6.45) is 9.57. The Morgan fingerprint density at radius 3 is 2.74 bits per heavy atom. The van der Waals surface area contributed by atoms with Gasteiger partial charge in [0, 0.05) is 18.9 Å². The van der Waals surface area contributed by atoms with Gasteiger partial charge < -0.3 is 5.32 Å². The summed E-state index contributed by atoms with van der Waals surface area (Å²) in [5, 5.41) is 10.9. The summed E-state index contributed by atoms with van der Waals surface area (Å²) < 4.78 is 1.73. The summed E-state index contributed by atoms with van der Waals surface area (Å²) in [6, 6.07) is 0. The van der Waals surface area contributed by atoms with Gasteiger partial charge in [-0.15, -0.1) is 0 Å². The standard InChI is InChI=1S/C17H27N5O/c1-22-16(19-14(21-22)12-5-9-18-10-6-12)20-15(23)13-11-17(13)7-3-2-4-8-17/h12-13,18H,2-11H2,1H3,(H,19,20,21,23). The average Bonchev–Trinajstić information content (AvgIpc) is 3.14. The summed E-state index contributed by atoms with van der Waals surface area (Å²) >= 11 is 0. The number of piperidine rings is 1. The van der Waals surface area contributed by atoms with Crippen LogP contribution in [0.2, 0.25) is 0 Å². The summed E-state index contributed by atoms with van der Waals surface area (Å²) in [5.41, 5.74) is 0.318. The van der Waals surface area contributed by atoms with Gasteiger partial charge in [-0.25, -0.2) is 4.68 Å². The predicted octanol–water partition coefficient (Wildman–Crippen LogP) is 2.19. The van der Waals surface area contributed by atoms with Gasteiger partial charge >= 0.3 is 0 Å². The van der Waals surface area contributed by atoms with E-state index >= 15 is 0 Å². The zero-order valence-electron chi connectivity index (χ0n) is 14.0. The first-order valence-corrected chi connectivity index (χ1v) is 9.10. The molecule has 1 unspecified atom stereocenters. The van der Waals surface area contributed by atoms with Gasteiger partial charge in [0.1, 0.15) is 0 Å². The third-order valence-corrected chi connectivity index (χ3v) is 6.07. The van der Waals surface area contributed by atoms with Crippen LogP contribution in [0.3, 0.4) is 0 Å². The van der Waals surface area contributed by atoms with Crippen LogP contribution in [0.25, 0.3) is 0 Å². The van der Waals surface area contributed by atoms with Crippen molar-refractivity contribution in [1.82, 2.24) is 20.1 Å². The largest absolute Gasteiger partial charge is 0.317 e. The number of nitrogens with zero attached hydrogens (tertiary/aromatic N) is 3. The molecule has 3 fully saturated rings. The van der Waals surface area contributed by atoms with Crippen LogP contribution in [0, 0.1) is 11.3 Å². The van der Waals surface area contributed by atoms with E-state index in [-0.39, 0.29) is 11.8 Å². The number of amides is 1. The van der Waals surface area contributed by atoms with E-state index < -0.39 is 0 Å². The fourth-order valence-corrected chi connectivity index (χ4v) is 4.49. The predicted molar refractivity (Wildman–Crippen MR) is 88.1 cm³/mol. The number of aryl methyl sites for hydroxylation is 1. The third kappa shape index (κ3) is 2.89. The van der Waals surface area contributed by atoms with E-state index in [0.29, 0.717) is 17.3 Å². The first-order chi connectivity index (χ1) is 11.2. The van der Waals surface area contributed by atoms with E-state index in [4.69, 9.17) is 0 Å². The molecule has 0 bridgehead atoms. The van der Waals surface area contributed by atoms with Crippen molar-refractivity contribution in [1.29, 1.82) is 0 Å². The quantitative estimate of drug-likeness (QED) is 0.896. The lowest BCUT2D eigenvalue weighted by molar-refractivity contribution is -0.118. The Hall–Kier alpha value is -1.43. The van der Waals surface area contributed by atoms with E-state index in [1.54, 1.807) is 4.68 Å². The van der Waals surface area contributed by atoms with Crippen molar-refractivity contribution < 1.29 is 4.79 Å². The van der Waals surface area contributed by atoms with Crippen LogP contribution in [-0.4, -0.2) is 33.8 Å². The molecule has 0 aromatic carbocycles. The lowest BCUT2D eigenvalue weighted by Crippen LogP contribution is -2.27. The third-order valence-electron chi connectivity index (χ3n) is 6.07. The molecular weight excluding hydrogens is 290 g/mol. The van der Waals surface area contributed by atoms with Gasteiger partial charge in [-0.05, 0) is 50.6 Å². The van der Waals surface area contributed by atoms with Gasteiger partial charge in [-0.1, -0.05) is 19.3 Å². The molecule has 4 rings (SSSR count). The van der Waals surface area contributed by atoms with Crippen molar-refractivity contribution in [2.75, 3.05) is 18.4 Å². The molecule has 2 aliphatic carbocycles. The van der Waals surface area contributed by atoms with Gasteiger partial charge in [-0.2, -0.15) is 10.1 Å². The van der Waals surface area contributed by atoms with Crippen LogP contribution < -0.4 is 10.6 Å². The van der Waals surface area contributed by atoms with E-state index in [1.165, 1.54) is 32.1 Å². The zero-order chi connectivity index (χ0) is 15.9. The van der Waals surface area contributed by atoms with Crippen LogP contribution in [0.5, 0.6) is 0 Å². The lowest BCUT2D eigenvalue weighted by atomic mass is 9.84. The normalized spacial score (nSPS) is 27.1. The molecule has 6 heteroatoms. The topological polar surface area (TPSA) is 71.8 Å². The summed E-state index contributed by atoms with van der Waals surface area (Å²) in [7, 11) is 1.87. The van der Waals surface area contributed by atoms with Crippen LogP contribution >= 0.6 is 0 Å². The molecule has 6 nitrogen and oxygen atoms in total. The number of hydrogen-bond acceptors (Lipinski definition) is 4. The molecule has 2 saturated carbocycles. The van der Waals surface area contributed by atoms with Crippen molar-refractivity contribution in [3.63, 3.8) is 0 Å². The molecule has 23 heavy (non-hydrogen) atoms. The number of nitrogens with one attached hydrogen (secondary N) is 2. The maximum Gasteiger partial charge on any atom is 0.230 e. The Morgan fingerprint density at radius 2 is 2.00 bits per heavy atom. The Balaban J connectivity index is 1.41. The molecule has 1 amide bonds. The minimum Gasteiger partial charge on any atom is -0.317 e. The summed E-state index contributed by atoms with van der Waals surface area (Å²) in [6.45, 7) is 2.05. The molecule has 2 heterocycles. The first-order valence-electron chi connectivity index (χ1n) is 9.10. The maximum absolute atomic E-state index is 12.6. The van der Waals surface area contributed by atoms with Crippen LogP contribution in [0.4, 0.5) is 5.95 Å². The second-order valence-electron chi connectivity index (χ2n) is 7.61. The van der Waals surface area contributed by atoms with E-state index in [2.05, 4.69) is 20.7 Å². The molecule has 2 N–H and O–H groups in total. The number of carbonyl (C=O) groups excluding carboxylic acids is 1. The highest BCUT2D eigenvalue weighted by Crippen LogP contribution is 2.61. The second kappa shape index (κ2) is 5.89. The molecule has 1 saturated heterocycles. The zero-order valence-corrected chi connectivity index (χ0v) is 14.0. The molecule has 126 valence electrons.